The van der Waals surface area contributed by atoms with Crippen LogP contribution in [0.25, 0.3) is 5.82 Å². The third-order valence-electron chi connectivity index (χ3n) is 3.43. The van der Waals surface area contributed by atoms with Crippen LogP contribution in [-0.4, -0.2) is 40.3 Å². The van der Waals surface area contributed by atoms with Gasteiger partial charge in [-0.25, -0.2) is 23.1 Å². The molecule has 1 aromatic carbocycles. The summed E-state index contributed by atoms with van der Waals surface area (Å²) in [6.45, 7) is 0.262. The summed E-state index contributed by atoms with van der Waals surface area (Å²) in [4.78, 5) is 20.6. The number of carbonyl (C=O) groups is 1. The van der Waals surface area contributed by atoms with E-state index in [0.717, 1.165) is 11.8 Å². The fraction of sp³-hybridized carbons (Fsp3) is 0.125. The highest BCUT2D eigenvalue weighted by molar-refractivity contribution is 7.90. The van der Waals surface area contributed by atoms with Crippen molar-refractivity contribution >= 4 is 15.7 Å². The van der Waals surface area contributed by atoms with Crippen LogP contribution in [0.3, 0.4) is 0 Å². The molecule has 0 fully saturated rings. The minimum absolute atomic E-state index is 0.241. The van der Waals surface area contributed by atoms with Gasteiger partial charge in [0.25, 0.3) is 5.91 Å². The molecule has 0 radical (unpaired) electrons. The van der Waals surface area contributed by atoms with Crippen LogP contribution >= 0.6 is 0 Å². The van der Waals surface area contributed by atoms with Crippen LogP contribution in [-0.2, 0) is 16.4 Å². The molecular weight excluding hydrogens is 342 g/mol. The summed E-state index contributed by atoms with van der Waals surface area (Å²) >= 11 is 0. The van der Waals surface area contributed by atoms with E-state index in [4.69, 9.17) is 0 Å². The average molecular weight is 357 g/mol. The number of hydrogen-bond donors (Lipinski definition) is 1. The summed E-state index contributed by atoms with van der Waals surface area (Å²) in [5.41, 5.74) is 1.04. The van der Waals surface area contributed by atoms with Crippen molar-refractivity contribution in [2.24, 2.45) is 0 Å². The number of benzene rings is 1. The van der Waals surface area contributed by atoms with E-state index in [-0.39, 0.29) is 23.0 Å². The molecule has 3 rings (SSSR count). The third-order valence-corrected chi connectivity index (χ3v) is 4.55. The Morgan fingerprint density at radius 2 is 1.92 bits per heavy atom. The number of aromatic nitrogens is 4. The van der Waals surface area contributed by atoms with E-state index in [0.29, 0.717) is 5.82 Å². The first-order chi connectivity index (χ1) is 11.9. The van der Waals surface area contributed by atoms with E-state index in [1.165, 1.54) is 29.5 Å². The van der Waals surface area contributed by atoms with Crippen LogP contribution < -0.4 is 5.32 Å². The molecular formula is C16H15N5O3S. The second-order valence-corrected chi connectivity index (χ2v) is 7.34. The average Bonchev–Trinajstić information content (AvgIpc) is 3.14. The molecule has 0 saturated heterocycles. The summed E-state index contributed by atoms with van der Waals surface area (Å²) < 4.78 is 24.3. The molecule has 0 spiro atoms. The number of carbonyl (C=O) groups excluding carboxylic acids is 1. The minimum atomic E-state index is -3.23. The van der Waals surface area contributed by atoms with E-state index >= 15 is 0 Å². The lowest BCUT2D eigenvalue weighted by Crippen LogP contribution is -2.24. The molecule has 0 atom stereocenters. The van der Waals surface area contributed by atoms with Crippen LogP contribution in [0.1, 0.15) is 16.1 Å². The SMILES string of the molecule is CS(=O)(=O)c1ccc(CNC(=O)c2cccc(-n3cncn3)n2)cc1. The van der Waals surface area contributed by atoms with Crippen molar-refractivity contribution in [1.29, 1.82) is 0 Å². The standard InChI is InChI=1S/C16H15N5O3S/c1-25(23,24)13-7-5-12(6-8-13)9-18-16(22)14-3-2-4-15(20-14)21-11-17-10-19-21/h2-8,10-11H,9H2,1H3,(H,18,22). The molecule has 0 saturated carbocycles. The number of nitrogens with zero attached hydrogens (tertiary/aromatic N) is 4. The van der Waals surface area contributed by atoms with Gasteiger partial charge in [-0.3, -0.25) is 4.79 Å². The summed E-state index contributed by atoms with van der Waals surface area (Å²) in [6, 6.07) is 11.4. The molecule has 2 aromatic heterocycles. The predicted octanol–water partition coefficient (Wildman–Crippen LogP) is 0.996. The molecule has 0 aliphatic carbocycles. The highest BCUT2D eigenvalue weighted by atomic mass is 32.2. The number of amides is 1. The number of hydrogen-bond acceptors (Lipinski definition) is 6. The first-order valence-corrected chi connectivity index (χ1v) is 9.22. The molecule has 128 valence electrons. The zero-order valence-corrected chi connectivity index (χ0v) is 14.1. The van der Waals surface area contributed by atoms with Crippen LogP contribution in [0, 0.1) is 0 Å². The molecule has 8 nitrogen and oxygen atoms in total. The predicted molar refractivity (Wildman–Crippen MR) is 89.9 cm³/mol. The van der Waals surface area contributed by atoms with E-state index in [1.54, 1.807) is 30.3 Å². The molecule has 3 aromatic rings. The first kappa shape index (κ1) is 16.8. The van der Waals surface area contributed by atoms with E-state index in [1.807, 2.05) is 0 Å². The summed E-state index contributed by atoms with van der Waals surface area (Å²) in [7, 11) is -3.23. The molecule has 0 aliphatic heterocycles. The Balaban J connectivity index is 1.68. The Morgan fingerprint density at radius 3 is 2.56 bits per heavy atom. The highest BCUT2D eigenvalue weighted by Gasteiger charge is 2.10. The summed E-state index contributed by atoms with van der Waals surface area (Å²) in [5.74, 6) is 0.150. The molecule has 25 heavy (non-hydrogen) atoms. The van der Waals surface area contributed by atoms with Gasteiger partial charge >= 0.3 is 0 Å². The van der Waals surface area contributed by atoms with Gasteiger partial charge in [0.1, 0.15) is 18.3 Å². The van der Waals surface area contributed by atoms with Crippen molar-refractivity contribution in [3.63, 3.8) is 0 Å². The second kappa shape index (κ2) is 6.81. The lowest BCUT2D eigenvalue weighted by Gasteiger charge is -2.07. The van der Waals surface area contributed by atoms with Gasteiger partial charge in [0, 0.05) is 12.8 Å². The van der Waals surface area contributed by atoms with Gasteiger partial charge in [-0.1, -0.05) is 18.2 Å². The Hall–Kier alpha value is -3.07. The van der Waals surface area contributed by atoms with Crippen molar-refractivity contribution in [3.05, 3.63) is 66.4 Å². The molecule has 1 amide bonds. The maximum Gasteiger partial charge on any atom is 0.270 e. The van der Waals surface area contributed by atoms with E-state index in [2.05, 4.69) is 20.4 Å². The molecule has 1 N–H and O–H groups in total. The van der Waals surface area contributed by atoms with Crippen LogP contribution in [0.2, 0.25) is 0 Å². The van der Waals surface area contributed by atoms with Crippen molar-refractivity contribution in [2.75, 3.05) is 6.26 Å². The van der Waals surface area contributed by atoms with Crippen molar-refractivity contribution in [2.45, 2.75) is 11.4 Å². The van der Waals surface area contributed by atoms with Crippen molar-refractivity contribution in [1.82, 2.24) is 25.1 Å². The van der Waals surface area contributed by atoms with Gasteiger partial charge in [-0.2, -0.15) is 5.10 Å². The first-order valence-electron chi connectivity index (χ1n) is 7.33. The Morgan fingerprint density at radius 1 is 1.16 bits per heavy atom. The molecule has 0 bridgehead atoms. The van der Waals surface area contributed by atoms with Gasteiger partial charge in [0.05, 0.1) is 4.90 Å². The van der Waals surface area contributed by atoms with Gasteiger partial charge in [-0.05, 0) is 29.8 Å². The van der Waals surface area contributed by atoms with E-state index < -0.39 is 9.84 Å². The maximum atomic E-state index is 12.3. The number of sulfone groups is 1. The van der Waals surface area contributed by atoms with Crippen LogP contribution in [0.5, 0.6) is 0 Å². The monoisotopic (exact) mass is 357 g/mol. The van der Waals surface area contributed by atoms with Crippen LogP contribution in [0.4, 0.5) is 0 Å². The lowest BCUT2D eigenvalue weighted by molar-refractivity contribution is 0.0946. The van der Waals surface area contributed by atoms with Crippen molar-refractivity contribution in [3.8, 4) is 5.82 Å². The highest BCUT2D eigenvalue weighted by Crippen LogP contribution is 2.10. The topological polar surface area (TPSA) is 107 Å². The largest absolute Gasteiger partial charge is 0.347 e. The van der Waals surface area contributed by atoms with Crippen molar-refractivity contribution < 1.29 is 13.2 Å². The Kier molecular flexibility index (Phi) is 4.57. The minimum Gasteiger partial charge on any atom is -0.347 e. The number of nitrogens with one attached hydrogen (secondary N) is 1. The molecule has 2 heterocycles. The van der Waals surface area contributed by atoms with Gasteiger partial charge in [0.15, 0.2) is 15.7 Å². The second-order valence-electron chi connectivity index (χ2n) is 5.32. The molecule has 9 heteroatoms. The number of rotatable bonds is 5. The molecule has 0 aliphatic rings. The maximum absolute atomic E-state index is 12.3. The van der Waals surface area contributed by atoms with E-state index in [9.17, 15) is 13.2 Å². The quantitative estimate of drug-likeness (QED) is 0.730. The Bertz CT molecular complexity index is 983. The Labute approximate surface area is 144 Å². The number of pyridine rings is 1. The third kappa shape index (κ3) is 4.07. The van der Waals surface area contributed by atoms with Gasteiger partial charge in [0.2, 0.25) is 0 Å². The summed E-state index contributed by atoms with van der Waals surface area (Å²) in [6.07, 6.45) is 4.03. The summed E-state index contributed by atoms with van der Waals surface area (Å²) in [5, 5.41) is 6.72. The zero-order valence-electron chi connectivity index (χ0n) is 13.3. The smallest absolute Gasteiger partial charge is 0.270 e. The molecule has 0 unspecified atom stereocenters. The van der Waals surface area contributed by atoms with Gasteiger partial charge in [-0.15, -0.1) is 0 Å². The normalized spacial score (nSPS) is 11.2. The van der Waals surface area contributed by atoms with Crippen LogP contribution in [0.15, 0.2) is 60.0 Å². The fourth-order valence-electron chi connectivity index (χ4n) is 2.13. The zero-order chi connectivity index (χ0) is 17.9. The lowest BCUT2D eigenvalue weighted by atomic mass is 10.2. The fourth-order valence-corrected chi connectivity index (χ4v) is 2.76. The van der Waals surface area contributed by atoms with Gasteiger partial charge < -0.3 is 5.32 Å².